The first-order chi connectivity index (χ1) is 13.0. The van der Waals surface area contributed by atoms with E-state index in [0.29, 0.717) is 44.5 Å². The lowest BCUT2D eigenvalue weighted by atomic mass is 9.98. The van der Waals surface area contributed by atoms with Gasteiger partial charge < -0.3 is 5.32 Å². The van der Waals surface area contributed by atoms with E-state index in [-0.39, 0.29) is 18.2 Å². The Morgan fingerprint density at radius 1 is 1.18 bits per heavy atom. The third kappa shape index (κ3) is 6.18. The molecule has 28 heavy (non-hydrogen) atoms. The Kier molecular flexibility index (Phi) is 7.46. The number of hydrogen-bond acceptors (Lipinski definition) is 3. The summed E-state index contributed by atoms with van der Waals surface area (Å²) in [6, 6.07) is 4.81. The number of carbonyl (C=O) groups excluding carboxylic acids is 1. The summed E-state index contributed by atoms with van der Waals surface area (Å²) in [7, 11) is -0.401. The van der Waals surface area contributed by atoms with E-state index in [1.54, 1.807) is 0 Å². The van der Waals surface area contributed by atoms with Gasteiger partial charge in [0.05, 0.1) is 5.56 Å². The zero-order valence-electron chi connectivity index (χ0n) is 16.0. The van der Waals surface area contributed by atoms with Gasteiger partial charge >= 0.3 is 6.18 Å². The van der Waals surface area contributed by atoms with E-state index >= 15 is 0 Å². The van der Waals surface area contributed by atoms with Crippen LogP contribution in [0.1, 0.15) is 30.4 Å². The number of carbonyl (C=O) groups is 1. The largest absolute Gasteiger partial charge is 0.416 e. The highest BCUT2D eigenvalue weighted by Gasteiger charge is 2.30. The van der Waals surface area contributed by atoms with Gasteiger partial charge in [-0.1, -0.05) is 12.1 Å². The van der Waals surface area contributed by atoms with Crippen molar-refractivity contribution in [3.63, 3.8) is 0 Å². The number of aryl methyl sites for hydroxylation is 1. The molecule has 1 amide bonds. The highest BCUT2D eigenvalue weighted by Crippen LogP contribution is 2.29. The van der Waals surface area contributed by atoms with Crippen LogP contribution in [0.5, 0.6) is 0 Å². The first kappa shape index (κ1) is 22.6. The van der Waals surface area contributed by atoms with Crippen molar-refractivity contribution in [3.8, 4) is 0 Å². The zero-order valence-corrected chi connectivity index (χ0v) is 16.8. The van der Waals surface area contributed by atoms with Gasteiger partial charge in [0.2, 0.25) is 5.91 Å². The Morgan fingerprint density at radius 2 is 1.75 bits per heavy atom. The summed E-state index contributed by atoms with van der Waals surface area (Å²) in [5.41, 5.74) is -0.0336. The molecule has 0 saturated carbocycles. The second kappa shape index (κ2) is 9.23. The van der Waals surface area contributed by atoms with E-state index in [1.807, 2.05) is 0 Å². The Bertz CT molecular complexity index is 757. The monoisotopic (exact) mass is 421 g/mol. The molecule has 0 aromatic heterocycles. The molecule has 0 bridgehead atoms. The van der Waals surface area contributed by atoms with Crippen LogP contribution in [0.25, 0.3) is 0 Å². The van der Waals surface area contributed by atoms with Crippen LogP contribution in [0.3, 0.4) is 0 Å². The van der Waals surface area contributed by atoms with Crippen molar-refractivity contribution < 1.29 is 26.4 Å². The van der Waals surface area contributed by atoms with E-state index in [2.05, 4.69) is 5.32 Å². The van der Waals surface area contributed by atoms with Gasteiger partial charge in [0.25, 0.3) is 10.2 Å². The van der Waals surface area contributed by atoms with Crippen LogP contribution < -0.4 is 5.32 Å². The van der Waals surface area contributed by atoms with E-state index < -0.39 is 21.9 Å². The van der Waals surface area contributed by atoms with Gasteiger partial charge in [0, 0.05) is 40.2 Å². The van der Waals surface area contributed by atoms with E-state index in [1.165, 1.54) is 34.8 Å². The van der Waals surface area contributed by atoms with Crippen molar-refractivity contribution in [2.24, 2.45) is 5.92 Å². The minimum Gasteiger partial charge on any atom is -0.356 e. The summed E-state index contributed by atoms with van der Waals surface area (Å²) in [6.07, 6.45) is -2.46. The molecule has 6 nitrogen and oxygen atoms in total. The van der Waals surface area contributed by atoms with Crippen LogP contribution in [0, 0.1) is 5.92 Å². The van der Waals surface area contributed by atoms with Crippen LogP contribution in [0.4, 0.5) is 13.2 Å². The predicted molar refractivity (Wildman–Crippen MR) is 99.7 cm³/mol. The van der Waals surface area contributed by atoms with Crippen molar-refractivity contribution in [2.75, 3.05) is 33.7 Å². The number of hydrogen-bond donors (Lipinski definition) is 1. The van der Waals surface area contributed by atoms with Gasteiger partial charge in [-0.05, 0) is 42.9 Å². The van der Waals surface area contributed by atoms with Crippen molar-refractivity contribution in [2.45, 2.75) is 31.9 Å². The molecule has 1 aromatic rings. The lowest BCUT2D eigenvalue weighted by Gasteiger charge is -2.32. The first-order valence-corrected chi connectivity index (χ1v) is 10.5. The first-order valence-electron chi connectivity index (χ1n) is 9.10. The van der Waals surface area contributed by atoms with E-state index in [9.17, 15) is 26.4 Å². The molecular formula is C18H26F3N3O3S. The second-order valence-corrected chi connectivity index (χ2v) is 9.27. The van der Waals surface area contributed by atoms with Gasteiger partial charge in [-0.3, -0.25) is 4.79 Å². The minimum atomic E-state index is -4.36. The Labute approximate surface area is 163 Å². The van der Waals surface area contributed by atoms with Gasteiger partial charge in [0.1, 0.15) is 0 Å². The molecule has 0 unspecified atom stereocenters. The van der Waals surface area contributed by atoms with Crippen molar-refractivity contribution >= 4 is 16.1 Å². The molecule has 1 aliphatic heterocycles. The normalized spacial score (nSPS) is 17.1. The van der Waals surface area contributed by atoms with Crippen LogP contribution in [-0.4, -0.2) is 56.7 Å². The molecule has 1 saturated heterocycles. The molecule has 0 spiro atoms. The number of alkyl halides is 3. The standard InChI is InChI=1S/C18H26F3N3O3S/c1-23(2)28(26,27)24-11-9-15(10-12-24)13-22-17(25)8-5-14-3-6-16(7-4-14)18(19,20)21/h3-4,6-7,15H,5,8-13H2,1-2H3,(H,22,25). The molecule has 0 aliphatic carbocycles. The van der Waals surface area contributed by atoms with Crippen LogP contribution >= 0.6 is 0 Å². The molecule has 1 N–H and O–H groups in total. The zero-order chi connectivity index (χ0) is 20.9. The summed E-state index contributed by atoms with van der Waals surface area (Å²) in [5.74, 6) is 0.0480. The molecule has 0 radical (unpaired) electrons. The summed E-state index contributed by atoms with van der Waals surface area (Å²) >= 11 is 0. The van der Waals surface area contributed by atoms with Gasteiger partial charge in [-0.2, -0.15) is 30.2 Å². The van der Waals surface area contributed by atoms with Crippen molar-refractivity contribution in [1.29, 1.82) is 0 Å². The van der Waals surface area contributed by atoms with Crippen molar-refractivity contribution in [1.82, 2.24) is 13.9 Å². The number of piperidine rings is 1. The topological polar surface area (TPSA) is 69.7 Å². The third-order valence-corrected chi connectivity index (χ3v) is 6.81. The predicted octanol–water partition coefficient (Wildman–Crippen LogP) is 2.27. The Hall–Kier alpha value is -1.65. The maximum absolute atomic E-state index is 12.5. The number of amides is 1. The fraction of sp³-hybridized carbons (Fsp3) is 0.611. The molecule has 1 aromatic carbocycles. The smallest absolute Gasteiger partial charge is 0.356 e. The highest BCUT2D eigenvalue weighted by molar-refractivity contribution is 7.86. The molecule has 10 heteroatoms. The number of nitrogens with one attached hydrogen (secondary N) is 1. The Balaban J connectivity index is 1.71. The number of halogens is 3. The average Bonchev–Trinajstić information content (AvgIpc) is 2.64. The number of benzene rings is 1. The van der Waals surface area contributed by atoms with Gasteiger partial charge in [0.15, 0.2) is 0 Å². The fourth-order valence-electron chi connectivity index (χ4n) is 3.04. The fourth-order valence-corrected chi connectivity index (χ4v) is 4.17. The quantitative estimate of drug-likeness (QED) is 0.734. The van der Waals surface area contributed by atoms with Gasteiger partial charge in [-0.15, -0.1) is 0 Å². The highest BCUT2D eigenvalue weighted by atomic mass is 32.2. The minimum absolute atomic E-state index is 0.164. The second-order valence-electron chi connectivity index (χ2n) is 7.13. The van der Waals surface area contributed by atoms with E-state index in [4.69, 9.17) is 0 Å². The number of rotatable bonds is 7. The molecule has 2 rings (SSSR count). The van der Waals surface area contributed by atoms with Crippen LogP contribution in [0.2, 0.25) is 0 Å². The molecular weight excluding hydrogens is 395 g/mol. The van der Waals surface area contributed by atoms with Gasteiger partial charge in [-0.25, -0.2) is 0 Å². The number of nitrogens with zero attached hydrogens (tertiary/aromatic N) is 2. The summed E-state index contributed by atoms with van der Waals surface area (Å²) in [4.78, 5) is 12.0. The Morgan fingerprint density at radius 3 is 2.25 bits per heavy atom. The molecule has 1 fully saturated rings. The maximum atomic E-state index is 12.5. The molecule has 1 heterocycles. The lowest BCUT2D eigenvalue weighted by molar-refractivity contribution is -0.137. The summed E-state index contributed by atoms with van der Waals surface area (Å²) in [5, 5.41) is 2.84. The third-order valence-electron chi connectivity index (χ3n) is 4.87. The lowest BCUT2D eigenvalue weighted by Crippen LogP contribution is -2.45. The molecule has 158 valence electrons. The van der Waals surface area contributed by atoms with Crippen LogP contribution in [-0.2, 0) is 27.6 Å². The maximum Gasteiger partial charge on any atom is 0.416 e. The van der Waals surface area contributed by atoms with E-state index in [0.717, 1.165) is 12.1 Å². The average molecular weight is 421 g/mol. The summed E-state index contributed by atoms with van der Waals surface area (Å²) < 4.78 is 64.4. The van der Waals surface area contributed by atoms with Crippen molar-refractivity contribution in [3.05, 3.63) is 35.4 Å². The SMILES string of the molecule is CN(C)S(=O)(=O)N1CCC(CNC(=O)CCc2ccc(C(F)(F)F)cc2)CC1. The summed E-state index contributed by atoms with van der Waals surface area (Å²) in [6.45, 7) is 1.32. The molecule has 0 atom stereocenters. The molecule has 1 aliphatic rings. The van der Waals surface area contributed by atoms with Crippen LogP contribution in [0.15, 0.2) is 24.3 Å².